The number of nitrogens with one attached hydrogen (secondary N) is 2. The molecule has 1 fully saturated rings. The van der Waals surface area contributed by atoms with E-state index in [1.165, 1.54) is 0 Å². The Labute approximate surface area is 168 Å². The van der Waals surface area contributed by atoms with Gasteiger partial charge in [0.15, 0.2) is 0 Å². The SMILES string of the molecule is O=C(Nc1ccccc1Cl)c1cnc2n1CCN(C(=O)/C=C/C1CCCN1)C2. The van der Waals surface area contributed by atoms with Crippen molar-refractivity contribution in [3.63, 3.8) is 0 Å². The van der Waals surface area contributed by atoms with E-state index in [4.69, 9.17) is 11.6 Å². The van der Waals surface area contributed by atoms with Gasteiger partial charge in [0, 0.05) is 25.2 Å². The van der Waals surface area contributed by atoms with Crippen molar-refractivity contribution in [1.29, 1.82) is 0 Å². The van der Waals surface area contributed by atoms with E-state index >= 15 is 0 Å². The van der Waals surface area contributed by atoms with Gasteiger partial charge in [-0.1, -0.05) is 29.8 Å². The minimum absolute atomic E-state index is 0.0231. The molecule has 1 atom stereocenters. The zero-order valence-corrected chi connectivity index (χ0v) is 16.2. The van der Waals surface area contributed by atoms with Crippen molar-refractivity contribution in [3.05, 3.63) is 59.2 Å². The molecule has 2 aliphatic rings. The molecule has 8 heteroatoms. The lowest BCUT2D eigenvalue weighted by Gasteiger charge is -2.27. The predicted molar refractivity (Wildman–Crippen MR) is 107 cm³/mol. The summed E-state index contributed by atoms with van der Waals surface area (Å²) in [5.74, 6) is 0.417. The maximum Gasteiger partial charge on any atom is 0.273 e. The number of fused-ring (bicyclic) bond motifs is 1. The Hall–Kier alpha value is -2.64. The number of amides is 2. The van der Waals surface area contributed by atoms with Gasteiger partial charge in [-0.2, -0.15) is 0 Å². The summed E-state index contributed by atoms with van der Waals surface area (Å²) in [5, 5.41) is 6.64. The number of benzene rings is 1. The molecule has 0 radical (unpaired) electrons. The van der Waals surface area contributed by atoms with Crippen LogP contribution in [-0.2, 0) is 17.9 Å². The van der Waals surface area contributed by atoms with Crippen LogP contribution in [-0.4, -0.2) is 45.4 Å². The van der Waals surface area contributed by atoms with E-state index in [-0.39, 0.29) is 17.9 Å². The van der Waals surface area contributed by atoms with Gasteiger partial charge in [0.05, 0.1) is 23.5 Å². The Morgan fingerprint density at radius 2 is 2.14 bits per heavy atom. The molecule has 0 spiro atoms. The summed E-state index contributed by atoms with van der Waals surface area (Å²) in [6.45, 7) is 2.46. The summed E-state index contributed by atoms with van der Waals surface area (Å²) in [7, 11) is 0. The van der Waals surface area contributed by atoms with Gasteiger partial charge in [-0.15, -0.1) is 0 Å². The number of aromatic nitrogens is 2. The smallest absolute Gasteiger partial charge is 0.273 e. The van der Waals surface area contributed by atoms with Crippen molar-refractivity contribution < 1.29 is 9.59 Å². The standard InChI is InChI=1S/C20H22ClN5O2/c21-15-5-1-2-6-16(15)24-20(28)17-12-23-18-13-25(10-11-26(17)18)19(27)8-7-14-4-3-9-22-14/h1-2,5-8,12,14,22H,3-4,9-11,13H2,(H,24,28)/b8-7+. The highest BCUT2D eigenvalue weighted by Gasteiger charge is 2.25. The molecule has 0 saturated carbocycles. The molecule has 28 heavy (non-hydrogen) atoms. The predicted octanol–water partition coefficient (Wildman–Crippen LogP) is 2.44. The van der Waals surface area contributed by atoms with Gasteiger partial charge < -0.3 is 20.1 Å². The number of para-hydroxylation sites is 1. The molecule has 3 heterocycles. The lowest BCUT2D eigenvalue weighted by molar-refractivity contribution is -0.127. The fourth-order valence-corrected chi connectivity index (χ4v) is 3.74. The molecular weight excluding hydrogens is 378 g/mol. The van der Waals surface area contributed by atoms with E-state index in [9.17, 15) is 9.59 Å². The summed E-state index contributed by atoms with van der Waals surface area (Å²) in [4.78, 5) is 31.2. The largest absolute Gasteiger partial charge is 0.330 e. The van der Waals surface area contributed by atoms with Crippen molar-refractivity contribution in [2.24, 2.45) is 0 Å². The van der Waals surface area contributed by atoms with Crippen molar-refractivity contribution in [3.8, 4) is 0 Å². The monoisotopic (exact) mass is 399 g/mol. The number of halogens is 1. The molecule has 1 aromatic heterocycles. The maximum absolute atomic E-state index is 12.6. The zero-order valence-electron chi connectivity index (χ0n) is 15.4. The third-order valence-electron chi connectivity index (χ3n) is 5.10. The molecular formula is C20H22ClN5O2. The number of imidazole rings is 1. The number of nitrogens with zero attached hydrogens (tertiary/aromatic N) is 3. The van der Waals surface area contributed by atoms with Crippen LogP contribution in [0.2, 0.25) is 5.02 Å². The van der Waals surface area contributed by atoms with E-state index in [2.05, 4.69) is 15.6 Å². The van der Waals surface area contributed by atoms with Crippen molar-refractivity contribution in [1.82, 2.24) is 19.8 Å². The number of anilines is 1. The Morgan fingerprint density at radius 1 is 1.29 bits per heavy atom. The number of hydrogen-bond donors (Lipinski definition) is 2. The highest BCUT2D eigenvalue weighted by Crippen LogP contribution is 2.22. The van der Waals surface area contributed by atoms with Crippen molar-refractivity contribution in [2.75, 3.05) is 18.4 Å². The first kappa shape index (κ1) is 18.7. The summed E-state index contributed by atoms with van der Waals surface area (Å²) >= 11 is 6.11. The Balaban J connectivity index is 1.42. The molecule has 2 aliphatic heterocycles. The molecule has 1 unspecified atom stereocenters. The van der Waals surface area contributed by atoms with Crippen molar-refractivity contribution >= 4 is 29.1 Å². The zero-order chi connectivity index (χ0) is 19.5. The molecule has 2 amide bonds. The fraction of sp³-hybridized carbons (Fsp3) is 0.350. The van der Waals surface area contributed by atoms with Crippen LogP contribution in [0.5, 0.6) is 0 Å². The first-order valence-corrected chi connectivity index (χ1v) is 9.80. The van der Waals surface area contributed by atoms with Gasteiger partial charge >= 0.3 is 0 Å². The number of carbonyl (C=O) groups excluding carboxylic acids is 2. The lowest BCUT2D eigenvalue weighted by atomic mass is 10.2. The van der Waals surface area contributed by atoms with Gasteiger partial charge in [-0.05, 0) is 31.5 Å². The number of hydrogen-bond acceptors (Lipinski definition) is 4. The van der Waals surface area contributed by atoms with Gasteiger partial charge in [-0.25, -0.2) is 4.98 Å². The molecule has 4 rings (SSSR count). The van der Waals surface area contributed by atoms with Crippen LogP contribution in [0, 0.1) is 0 Å². The second-order valence-electron chi connectivity index (χ2n) is 6.97. The first-order chi connectivity index (χ1) is 13.6. The van der Waals surface area contributed by atoms with Gasteiger partial charge in [0.1, 0.15) is 11.5 Å². The van der Waals surface area contributed by atoms with Crippen LogP contribution in [0.15, 0.2) is 42.6 Å². The summed E-state index contributed by atoms with van der Waals surface area (Å²) in [6.07, 6.45) is 7.35. The van der Waals surface area contributed by atoms with Crippen LogP contribution in [0.25, 0.3) is 0 Å². The average Bonchev–Trinajstić information content (AvgIpc) is 3.37. The van der Waals surface area contributed by atoms with Crippen LogP contribution in [0.1, 0.15) is 29.2 Å². The van der Waals surface area contributed by atoms with E-state index in [0.29, 0.717) is 41.9 Å². The molecule has 2 aromatic rings. The first-order valence-electron chi connectivity index (χ1n) is 9.42. The van der Waals surface area contributed by atoms with E-state index < -0.39 is 0 Å². The third-order valence-corrected chi connectivity index (χ3v) is 5.43. The number of rotatable bonds is 4. The summed E-state index contributed by atoms with van der Waals surface area (Å²) < 4.78 is 1.86. The molecule has 146 valence electrons. The summed E-state index contributed by atoms with van der Waals surface area (Å²) in [6, 6.07) is 7.38. The Morgan fingerprint density at radius 3 is 2.93 bits per heavy atom. The van der Waals surface area contributed by atoms with Crippen molar-refractivity contribution in [2.45, 2.75) is 32.0 Å². The summed E-state index contributed by atoms with van der Waals surface area (Å²) in [5.41, 5.74) is 1.02. The number of carbonyl (C=O) groups is 2. The molecule has 2 N–H and O–H groups in total. The van der Waals surface area contributed by atoms with Gasteiger partial charge in [0.2, 0.25) is 5.91 Å². The lowest BCUT2D eigenvalue weighted by Crippen LogP contribution is -2.38. The van der Waals surface area contributed by atoms with E-state index in [1.807, 2.05) is 22.8 Å². The Bertz CT molecular complexity index is 917. The normalized spacial score (nSPS) is 19.0. The van der Waals surface area contributed by atoms with E-state index in [1.54, 1.807) is 29.3 Å². The molecule has 0 bridgehead atoms. The average molecular weight is 400 g/mol. The third kappa shape index (κ3) is 3.95. The second-order valence-corrected chi connectivity index (χ2v) is 7.37. The van der Waals surface area contributed by atoms with E-state index in [0.717, 1.165) is 19.4 Å². The molecule has 0 aliphatic carbocycles. The van der Waals surface area contributed by atoms with Crippen LogP contribution < -0.4 is 10.6 Å². The fourth-order valence-electron chi connectivity index (χ4n) is 3.56. The minimum Gasteiger partial charge on any atom is -0.330 e. The highest BCUT2D eigenvalue weighted by atomic mass is 35.5. The van der Waals surface area contributed by atoms with Gasteiger partial charge in [-0.3, -0.25) is 9.59 Å². The van der Waals surface area contributed by atoms with Gasteiger partial charge in [0.25, 0.3) is 5.91 Å². The highest BCUT2D eigenvalue weighted by molar-refractivity contribution is 6.33. The van der Waals surface area contributed by atoms with Crippen LogP contribution >= 0.6 is 11.6 Å². The molecule has 1 saturated heterocycles. The molecule has 7 nitrogen and oxygen atoms in total. The maximum atomic E-state index is 12.6. The minimum atomic E-state index is -0.265. The Kier molecular flexibility index (Phi) is 5.45. The van der Waals surface area contributed by atoms with Crippen LogP contribution in [0.3, 0.4) is 0 Å². The second kappa shape index (κ2) is 8.16. The quantitative estimate of drug-likeness (QED) is 0.774. The van der Waals surface area contributed by atoms with Crippen LogP contribution in [0.4, 0.5) is 5.69 Å². The molecule has 1 aromatic carbocycles. The topological polar surface area (TPSA) is 79.3 Å².